The van der Waals surface area contributed by atoms with Crippen LogP contribution in [0, 0.1) is 6.92 Å². The molecule has 0 spiro atoms. The highest BCUT2D eigenvalue weighted by Crippen LogP contribution is 2.19. The molecule has 0 aliphatic heterocycles. The Morgan fingerprint density at radius 3 is 2.36 bits per heavy atom. The predicted octanol–water partition coefficient (Wildman–Crippen LogP) is 2.65. The second-order valence-electron chi connectivity index (χ2n) is 6.40. The van der Waals surface area contributed by atoms with Crippen molar-refractivity contribution in [3.63, 3.8) is 0 Å². The van der Waals surface area contributed by atoms with Crippen molar-refractivity contribution in [2.75, 3.05) is 25.5 Å². The van der Waals surface area contributed by atoms with Crippen LogP contribution in [0.1, 0.15) is 11.1 Å². The topological polar surface area (TPSA) is 90.5 Å². The van der Waals surface area contributed by atoms with Crippen LogP contribution in [-0.4, -0.2) is 42.9 Å². The molecule has 7 nitrogen and oxygen atoms in total. The number of imide groups is 1. The minimum absolute atomic E-state index is 0.0224. The lowest BCUT2D eigenvalue weighted by Crippen LogP contribution is -2.44. The van der Waals surface area contributed by atoms with Crippen molar-refractivity contribution in [3.8, 4) is 0 Å². The molecular formula is C20H23BrN4O3. The van der Waals surface area contributed by atoms with Gasteiger partial charge in [0.25, 0.3) is 0 Å². The van der Waals surface area contributed by atoms with Crippen molar-refractivity contribution in [2.24, 2.45) is 0 Å². The molecule has 2 aromatic rings. The molecule has 0 radical (unpaired) electrons. The molecule has 2 aromatic carbocycles. The first-order valence-electron chi connectivity index (χ1n) is 8.69. The normalized spacial score (nSPS) is 10.4. The van der Waals surface area contributed by atoms with Gasteiger partial charge in [-0.05, 0) is 43.3 Å². The van der Waals surface area contributed by atoms with E-state index in [0.29, 0.717) is 12.2 Å². The predicted molar refractivity (Wildman–Crippen MR) is 112 cm³/mol. The summed E-state index contributed by atoms with van der Waals surface area (Å²) in [6.45, 7) is 2.16. The number of nitrogens with one attached hydrogen (secondary N) is 3. The minimum Gasteiger partial charge on any atom is -0.334 e. The number of carbonyl (C=O) groups is 3. The fourth-order valence-corrected chi connectivity index (χ4v) is 2.97. The lowest BCUT2D eigenvalue weighted by molar-refractivity contribution is -0.122. The number of hydrogen-bond acceptors (Lipinski definition) is 4. The van der Waals surface area contributed by atoms with E-state index in [2.05, 4.69) is 31.9 Å². The maximum Gasteiger partial charge on any atom is 0.321 e. The SMILES string of the molecule is Cc1cc(Br)ccc1NC(=O)CN(C)CC(=O)NC(=O)NCc1ccccc1. The van der Waals surface area contributed by atoms with E-state index < -0.39 is 11.9 Å². The molecule has 3 N–H and O–H groups in total. The van der Waals surface area contributed by atoms with Crippen molar-refractivity contribution in [1.29, 1.82) is 0 Å². The van der Waals surface area contributed by atoms with E-state index in [4.69, 9.17) is 0 Å². The van der Waals surface area contributed by atoms with Gasteiger partial charge >= 0.3 is 6.03 Å². The van der Waals surface area contributed by atoms with Crippen LogP contribution < -0.4 is 16.0 Å². The van der Waals surface area contributed by atoms with Crippen LogP contribution in [0.4, 0.5) is 10.5 Å². The highest BCUT2D eigenvalue weighted by Gasteiger charge is 2.13. The summed E-state index contributed by atoms with van der Waals surface area (Å²) in [6, 6.07) is 14.4. The number of anilines is 1. The molecule has 4 amide bonds. The Hall–Kier alpha value is -2.71. The van der Waals surface area contributed by atoms with E-state index in [1.54, 1.807) is 13.1 Å². The Labute approximate surface area is 172 Å². The lowest BCUT2D eigenvalue weighted by atomic mass is 10.2. The third-order valence-corrected chi connectivity index (χ3v) is 4.33. The maximum absolute atomic E-state index is 12.1. The van der Waals surface area contributed by atoms with E-state index in [-0.39, 0.29) is 19.0 Å². The average molecular weight is 447 g/mol. The third kappa shape index (κ3) is 7.50. The molecule has 0 atom stereocenters. The molecule has 0 saturated heterocycles. The van der Waals surface area contributed by atoms with Gasteiger partial charge in [0.2, 0.25) is 11.8 Å². The maximum atomic E-state index is 12.1. The Balaban J connectivity index is 1.72. The van der Waals surface area contributed by atoms with Crippen molar-refractivity contribution >= 4 is 39.5 Å². The lowest BCUT2D eigenvalue weighted by Gasteiger charge is -2.16. The van der Waals surface area contributed by atoms with E-state index in [1.807, 2.05) is 49.4 Å². The van der Waals surface area contributed by atoms with Crippen molar-refractivity contribution in [2.45, 2.75) is 13.5 Å². The zero-order chi connectivity index (χ0) is 20.5. The Kier molecular flexibility index (Phi) is 8.16. The number of nitrogens with zero attached hydrogens (tertiary/aromatic N) is 1. The molecule has 8 heteroatoms. The fourth-order valence-electron chi connectivity index (χ4n) is 2.49. The molecule has 2 rings (SSSR count). The molecule has 0 unspecified atom stereocenters. The summed E-state index contributed by atoms with van der Waals surface area (Å²) in [5.41, 5.74) is 2.58. The zero-order valence-electron chi connectivity index (χ0n) is 15.8. The van der Waals surface area contributed by atoms with Gasteiger partial charge in [0.1, 0.15) is 0 Å². The summed E-state index contributed by atoms with van der Waals surface area (Å²) in [5.74, 6) is -0.727. The zero-order valence-corrected chi connectivity index (χ0v) is 17.4. The summed E-state index contributed by atoms with van der Waals surface area (Å²) in [4.78, 5) is 37.4. The fraction of sp³-hybridized carbons (Fsp3) is 0.250. The minimum atomic E-state index is -0.572. The van der Waals surface area contributed by atoms with Gasteiger partial charge in [0.05, 0.1) is 13.1 Å². The number of urea groups is 1. The third-order valence-electron chi connectivity index (χ3n) is 3.84. The van der Waals surface area contributed by atoms with Gasteiger partial charge < -0.3 is 10.6 Å². The van der Waals surface area contributed by atoms with Crippen LogP contribution in [0.25, 0.3) is 0 Å². The number of rotatable bonds is 7. The second kappa shape index (κ2) is 10.6. The van der Waals surface area contributed by atoms with E-state index >= 15 is 0 Å². The van der Waals surface area contributed by atoms with Crippen LogP contribution in [0.15, 0.2) is 53.0 Å². The molecule has 148 valence electrons. The molecular weight excluding hydrogens is 424 g/mol. The smallest absolute Gasteiger partial charge is 0.321 e. The molecule has 0 aliphatic carbocycles. The molecule has 28 heavy (non-hydrogen) atoms. The van der Waals surface area contributed by atoms with Gasteiger partial charge in [-0.2, -0.15) is 0 Å². The molecule has 0 aromatic heterocycles. The molecule has 0 saturated carbocycles. The van der Waals surface area contributed by atoms with Crippen molar-refractivity contribution in [1.82, 2.24) is 15.5 Å². The van der Waals surface area contributed by atoms with Crippen LogP contribution in [0.3, 0.4) is 0 Å². The number of carbonyl (C=O) groups excluding carboxylic acids is 3. The number of aryl methyl sites for hydroxylation is 1. The summed E-state index contributed by atoms with van der Waals surface area (Å²) < 4.78 is 0.933. The number of amides is 4. The Morgan fingerprint density at radius 1 is 1.00 bits per heavy atom. The van der Waals surface area contributed by atoms with Crippen molar-refractivity contribution in [3.05, 3.63) is 64.1 Å². The van der Waals surface area contributed by atoms with Gasteiger partial charge in [-0.3, -0.25) is 19.8 Å². The molecule has 0 aliphatic rings. The number of benzene rings is 2. The van der Waals surface area contributed by atoms with Gasteiger partial charge in [-0.15, -0.1) is 0 Å². The van der Waals surface area contributed by atoms with Crippen molar-refractivity contribution < 1.29 is 14.4 Å². The summed E-state index contributed by atoms with van der Waals surface area (Å²) in [5, 5.41) is 7.67. The first-order valence-corrected chi connectivity index (χ1v) is 9.49. The first kappa shape index (κ1) is 21.6. The van der Waals surface area contributed by atoms with E-state index in [0.717, 1.165) is 15.6 Å². The summed E-state index contributed by atoms with van der Waals surface area (Å²) >= 11 is 3.38. The van der Waals surface area contributed by atoms with Crippen LogP contribution in [-0.2, 0) is 16.1 Å². The monoisotopic (exact) mass is 446 g/mol. The van der Waals surface area contributed by atoms with Crippen LogP contribution >= 0.6 is 15.9 Å². The quantitative estimate of drug-likeness (QED) is 0.609. The largest absolute Gasteiger partial charge is 0.334 e. The first-order chi connectivity index (χ1) is 13.3. The van der Waals surface area contributed by atoms with E-state index in [1.165, 1.54) is 4.90 Å². The highest BCUT2D eigenvalue weighted by atomic mass is 79.9. The van der Waals surface area contributed by atoms with Gasteiger partial charge in [0.15, 0.2) is 0 Å². The van der Waals surface area contributed by atoms with Gasteiger partial charge in [0, 0.05) is 16.7 Å². The average Bonchev–Trinajstić information content (AvgIpc) is 2.63. The Bertz CT molecular complexity index is 843. The summed E-state index contributed by atoms with van der Waals surface area (Å²) in [7, 11) is 1.63. The highest BCUT2D eigenvalue weighted by molar-refractivity contribution is 9.10. The molecule has 0 bridgehead atoms. The number of likely N-dealkylation sites (N-methyl/N-ethyl adjacent to an activating group) is 1. The molecule has 0 fully saturated rings. The second-order valence-corrected chi connectivity index (χ2v) is 7.31. The van der Waals surface area contributed by atoms with Gasteiger partial charge in [-0.1, -0.05) is 46.3 Å². The Morgan fingerprint density at radius 2 is 1.68 bits per heavy atom. The number of hydrogen-bond donors (Lipinski definition) is 3. The number of halogens is 1. The molecule has 0 heterocycles. The standard InChI is InChI=1S/C20H23BrN4O3/c1-14-10-16(21)8-9-17(14)23-18(26)12-25(2)13-19(27)24-20(28)22-11-15-6-4-3-5-7-15/h3-10H,11-13H2,1-2H3,(H,23,26)(H2,22,24,27,28). The summed E-state index contributed by atoms with van der Waals surface area (Å²) in [6.07, 6.45) is 0. The van der Waals surface area contributed by atoms with Gasteiger partial charge in [-0.25, -0.2) is 4.79 Å². The van der Waals surface area contributed by atoms with Crippen LogP contribution in [0.5, 0.6) is 0 Å². The van der Waals surface area contributed by atoms with Crippen LogP contribution in [0.2, 0.25) is 0 Å². The van der Waals surface area contributed by atoms with E-state index in [9.17, 15) is 14.4 Å².